The average molecular weight is 453 g/mol. The SMILES string of the molecule is O=C(O)C(Oc1cccc(C(F)(F)F)c1)c1ccc(OCOc2ccc(Cl)cc2)cc1. The zero-order chi connectivity index (χ0) is 22.4. The molecule has 3 aromatic rings. The number of hydrogen-bond donors (Lipinski definition) is 1. The average Bonchev–Trinajstić information content (AvgIpc) is 2.73. The van der Waals surface area contributed by atoms with E-state index in [0.29, 0.717) is 16.5 Å². The number of carboxylic acid groups (broad SMARTS) is 1. The molecule has 9 heteroatoms. The van der Waals surface area contributed by atoms with Crippen LogP contribution < -0.4 is 14.2 Å². The molecule has 3 aromatic carbocycles. The molecular weight excluding hydrogens is 437 g/mol. The van der Waals surface area contributed by atoms with Crippen LogP contribution in [0.5, 0.6) is 17.2 Å². The quantitative estimate of drug-likeness (QED) is 0.426. The minimum atomic E-state index is -4.56. The second kappa shape index (κ2) is 9.61. The van der Waals surface area contributed by atoms with Crippen molar-refractivity contribution in [1.82, 2.24) is 0 Å². The molecule has 1 unspecified atom stereocenters. The second-order valence-electron chi connectivity index (χ2n) is 6.29. The third-order valence-corrected chi connectivity index (χ3v) is 4.34. The van der Waals surface area contributed by atoms with Gasteiger partial charge in [-0.05, 0) is 54.6 Å². The lowest BCUT2D eigenvalue weighted by molar-refractivity contribution is -0.145. The Hall–Kier alpha value is -3.39. The molecule has 0 spiro atoms. The van der Waals surface area contributed by atoms with Crippen molar-refractivity contribution < 1.29 is 37.3 Å². The van der Waals surface area contributed by atoms with Gasteiger partial charge in [-0.3, -0.25) is 0 Å². The normalized spacial score (nSPS) is 12.1. The van der Waals surface area contributed by atoms with E-state index in [1.807, 2.05) is 0 Å². The summed E-state index contributed by atoms with van der Waals surface area (Å²) < 4.78 is 54.7. The third kappa shape index (κ3) is 6.29. The second-order valence-corrected chi connectivity index (χ2v) is 6.73. The van der Waals surface area contributed by atoms with E-state index in [4.69, 9.17) is 25.8 Å². The third-order valence-electron chi connectivity index (χ3n) is 4.09. The van der Waals surface area contributed by atoms with Crippen LogP contribution in [0.2, 0.25) is 5.02 Å². The lowest BCUT2D eigenvalue weighted by Crippen LogP contribution is -2.18. The molecule has 0 bridgehead atoms. The molecule has 1 atom stereocenters. The topological polar surface area (TPSA) is 65.0 Å². The van der Waals surface area contributed by atoms with E-state index in [2.05, 4.69) is 0 Å². The van der Waals surface area contributed by atoms with Gasteiger partial charge in [0.25, 0.3) is 0 Å². The number of carboxylic acids is 1. The molecule has 0 aliphatic carbocycles. The number of ether oxygens (including phenoxy) is 3. The fourth-order valence-electron chi connectivity index (χ4n) is 2.58. The van der Waals surface area contributed by atoms with Crippen molar-refractivity contribution in [1.29, 1.82) is 0 Å². The van der Waals surface area contributed by atoms with Crippen LogP contribution in [0.25, 0.3) is 0 Å². The van der Waals surface area contributed by atoms with Crippen molar-refractivity contribution in [2.45, 2.75) is 12.3 Å². The monoisotopic (exact) mass is 452 g/mol. The summed E-state index contributed by atoms with van der Waals surface area (Å²) >= 11 is 5.79. The van der Waals surface area contributed by atoms with Gasteiger partial charge in [0.15, 0.2) is 0 Å². The summed E-state index contributed by atoms with van der Waals surface area (Å²) in [4.78, 5) is 11.6. The van der Waals surface area contributed by atoms with Crippen molar-refractivity contribution in [3.63, 3.8) is 0 Å². The number of rotatable bonds is 8. The van der Waals surface area contributed by atoms with Gasteiger partial charge in [0.1, 0.15) is 17.2 Å². The predicted octanol–water partition coefficient (Wildman–Crippen LogP) is 5.98. The molecule has 0 aromatic heterocycles. The number of alkyl halides is 3. The molecule has 0 saturated heterocycles. The number of halogens is 4. The van der Waals surface area contributed by atoms with Gasteiger partial charge in [-0.2, -0.15) is 13.2 Å². The van der Waals surface area contributed by atoms with Crippen LogP contribution in [0, 0.1) is 0 Å². The molecule has 0 heterocycles. The van der Waals surface area contributed by atoms with E-state index in [9.17, 15) is 23.1 Å². The summed E-state index contributed by atoms with van der Waals surface area (Å²) in [5.74, 6) is -0.599. The number of benzene rings is 3. The lowest BCUT2D eigenvalue weighted by Gasteiger charge is -2.17. The summed E-state index contributed by atoms with van der Waals surface area (Å²) in [6.45, 7) is -0.0932. The van der Waals surface area contributed by atoms with Gasteiger partial charge in [0, 0.05) is 10.6 Å². The Kier molecular flexibility index (Phi) is 6.91. The van der Waals surface area contributed by atoms with Gasteiger partial charge in [-0.25, -0.2) is 4.79 Å². The summed E-state index contributed by atoms with van der Waals surface area (Å²) in [6.07, 6.45) is -6.06. The number of carbonyl (C=O) groups is 1. The summed E-state index contributed by atoms with van der Waals surface area (Å²) in [5.41, 5.74) is -0.700. The maximum absolute atomic E-state index is 12.9. The van der Waals surface area contributed by atoms with E-state index in [1.54, 1.807) is 24.3 Å². The zero-order valence-electron chi connectivity index (χ0n) is 15.8. The molecule has 0 aliphatic rings. The van der Waals surface area contributed by atoms with E-state index in [-0.39, 0.29) is 18.1 Å². The molecule has 31 heavy (non-hydrogen) atoms. The first-order valence-electron chi connectivity index (χ1n) is 8.90. The van der Waals surface area contributed by atoms with Crippen LogP contribution >= 0.6 is 11.6 Å². The van der Waals surface area contributed by atoms with Crippen molar-refractivity contribution in [2.75, 3.05) is 6.79 Å². The Labute approximate surface area is 180 Å². The Bertz CT molecular complexity index is 1020. The Morgan fingerprint density at radius 3 is 2.03 bits per heavy atom. The fraction of sp³-hybridized carbons (Fsp3) is 0.136. The maximum atomic E-state index is 12.9. The summed E-state index contributed by atoms with van der Waals surface area (Å²) in [5, 5.41) is 10.0. The molecule has 5 nitrogen and oxygen atoms in total. The molecule has 0 amide bonds. The van der Waals surface area contributed by atoms with Gasteiger partial charge in [0.2, 0.25) is 12.9 Å². The van der Waals surface area contributed by atoms with E-state index >= 15 is 0 Å². The van der Waals surface area contributed by atoms with Crippen molar-refractivity contribution in [3.05, 3.63) is 88.9 Å². The Morgan fingerprint density at radius 1 is 0.903 bits per heavy atom. The first-order valence-corrected chi connectivity index (χ1v) is 9.28. The molecule has 0 saturated carbocycles. The van der Waals surface area contributed by atoms with Crippen molar-refractivity contribution in [2.24, 2.45) is 0 Å². The van der Waals surface area contributed by atoms with Crippen LogP contribution in [0.4, 0.5) is 13.2 Å². The highest BCUT2D eigenvalue weighted by molar-refractivity contribution is 6.30. The molecule has 0 fully saturated rings. The first-order chi connectivity index (χ1) is 14.7. The lowest BCUT2D eigenvalue weighted by atomic mass is 10.1. The Balaban J connectivity index is 1.64. The number of hydrogen-bond acceptors (Lipinski definition) is 4. The highest BCUT2D eigenvalue weighted by Gasteiger charge is 2.31. The van der Waals surface area contributed by atoms with E-state index < -0.39 is 23.8 Å². The summed E-state index contributed by atoms with van der Waals surface area (Å²) in [7, 11) is 0. The molecule has 3 rings (SSSR count). The van der Waals surface area contributed by atoms with Crippen molar-refractivity contribution in [3.8, 4) is 17.2 Å². The fourth-order valence-corrected chi connectivity index (χ4v) is 2.70. The van der Waals surface area contributed by atoms with Gasteiger partial charge in [0.05, 0.1) is 5.56 Å². The predicted molar refractivity (Wildman–Crippen MR) is 106 cm³/mol. The molecule has 0 aliphatic heterocycles. The molecule has 162 valence electrons. The van der Waals surface area contributed by atoms with Crippen LogP contribution in [0.3, 0.4) is 0 Å². The van der Waals surface area contributed by atoms with E-state index in [0.717, 1.165) is 18.2 Å². The number of aliphatic carboxylic acids is 1. The minimum absolute atomic E-state index is 0.0932. The maximum Gasteiger partial charge on any atom is 0.416 e. The van der Waals surface area contributed by atoms with Crippen LogP contribution in [0.15, 0.2) is 72.8 Å². The van der Waals surface area contributed by atoms with E-state index in [1.165, 1.54) is 30.3 Å². The van der Waals surface area contributed by atoms with Crippen LogP contribution in [-0.2, 0) is 11.0 Å². The standard InChI is InChI=1S/C22H16ClF3O5/c23-16-6-10-18(11-7-16)30-13-29-17-8-4-14(5-9-17)20(21(27)28)31-19-3-1-2-15(12-19)22(24,25)26/h1-12,20H,13H2,(H,27,28). The zero-order valence-corrected chi connectivity index (χ0v) is 16.6. The van der Waals surface area contributed by atoms with Gasteiger partial charge < -0.3 is 19.3 Å². The highest BCUT2D eigenvalue weighted by atomic mass is 35.5. The minimum Gasteiger partial charge on any atom is -0.478 e. The van der Waals surface area contributed by atoms with Gasteiger partial charge in [-0.1, -0.05) is 29.8 Å². The van der Waals surface area contributed by atoms with Crippen LogP contribution in [-0.4, -0.2) is 17.9 Å². The molecule has 0 radical (unpaired) electrons. The molecular formula is C22H16ClF3O5. The summed E-state index contributed by atoms with van der Waals surface area (Å²) in [6, 6.07) is 16.6. The smallest absolute Gasteiger partial charge is 0.416 e. The highest BCUT2D eigenvalue weighted by Crippen LogP contribution is 2.33. The van der Waals surface area contributed by atoms with Gasteiger partial charge in [-0.15, -0.1) is 0 Å². The van der Waals surface area contributed by atoms with Crippen molar-refractivity contribution >= 4 is 17.6 Å². The first kappa shape index (κ1) is 22.3. The largest absolute Gasteiger partial charge is 0.478 e. The van der Waals surface area contributed by atoms with Crippen LogP contribution in [0.1, 0.15) is 17.2 Å². The molecule has 1 N–H and O–H groups in total. The Morgan fingerprint density at radius 2 is 1.48 bits per heavy atom. The van der Waals surface area contributed by atoms with Gasteiger partial charge >= 0.3 is 12.1 Å².